The fourth-order valence-corrected chi connectivity index (χ4v) is 3.16. The van der Waals surface area contributed by atoms with Crippen LogP contribution in [0.3, 0.4) is 0 Å². The molecule has 0 bridgehead atoms. The van der Waals surface area contributed by atoms with E-state index in [0.717, 1.165) is 0 Å². The Labute approximate surface area is 168 Å². The number of carbonyl (C=O) groups is 1. The Morgan fingerprint density at radius 1 is 1.13 bits per heavy atom. The van der Waals surface area contributed by atoms with Gasteiger partial charge in [-0.3, -0.25) is 9.59 Å². The van der Waals surface area contributed by atoms with E-state index >= 15 is 0 Å². The Morgan fingerprint density at radius 2 is 1.93 bits per heavy atom. The Bertz CT molecular complexity index is 1330. The van der Waals surface area contributed by atoms with Crippen molar-refractivity contribution in [1.82, 2.24) is 19.8 Å². The molecular weight excluding hydrogens is 393 g/mol. The zero-order chi connectivity index (χ0) is 20.7. The maximum absolute atomic E-state index is 13.2. The van der Waals surface area contributed by atoms with Gasteiger partial charge in [-0.05, 0) is 42.5 Å². The number of aromatic nitrogens is 4. The lowest BCUT2D eigenvalue weighted by molar-refractivity contribution is -0.115. The van der Waals surface area contributed by atoms with E-state index in [4.69, 9.17) is 9.47 Å². The highest BCUT2D eigenvalue weighted by Gasteiger charge is 2.17. The third kappa shape index (κ3) is 3.24. The summed E-state index contributed by atoms with van der Waals surface area (Å²) < 4.78 is 25.0. The third-order valence-corrected chi connectivity index (χ3v) is 4.59. The Kier molecular flexibility index (Phi) is 4.16. The van der Waals surface area contributed by atoms with Crippen molar-refractivity contribution in [2.75, 3.05) is 12.1 Å². The number of halogens is 1. The second kappa shape index (κ2) is 6.99. The number of anilines is 1. The van der Waals surface area contributed by atoms with Crippen LogP contribution in [0, 0.1) is 5.82 Å². The normalized spacial score (nSPS) is 12.3. The van der Waals surface area contributed by atoms with Crippen molar-refractivity contribution in [2.45, 2.75) is 6.42 Å². The van der Waals surface area contributed by atoms with Crippen molar-refractivity contribution in [3.8, 4) is 22.8 Å². The average Bonchev–Trinajstić information content (AvgIpc) is 3.38. The third-order valence-electron chi connectivity index (χ3n) is 4.59. The van der Waals surface area contributed by atoms with Gasteiger partial charge in [-0.15, -0.1) is 0 Å². The molecule has 1 aliphatic heterocycles. The van der Waals surface area contributed by atoms with Crippen LogP contribution in [0.5, 0.6) is 11.5 Å². The molecule has 0 aliphatic carbocycles. The molecule has 0 spiro atoms. The van der Waals surface area contributed by atoms with Gasteiger partial charge in [-0.2, -0.15) is 10.2 Å². The smallest absolute Gasteiger partial charge is 0.290 e. The number of nitrogens with zero attached hydrogens (tertiary/aromatic N) is 3. The molecule has 1 amide bonds. The number of nitrogens with one attached hydrogen (secondary N) is 2. The summed E-state index contributed by atoms with van der Waals surface area (Å²) >= 11 is 0. The standard InChI is InChI=1S/C20H14FN5O4/c21-12-3-1-11(2-4-12)14-8-15-20(28)24-23-18(26(15)25-14)9-19(27)22-13-5-6-16-17(7-13)30-10-29-16/h1-8H,9-10H2,(H,22,27)(H,24,28). The minimum absolute atomic E-state index is 0.133. The molecular formula is C20H14FN5O4. The first-order valence-electron chi connectivity index (χ1n) is 8.99. The van der Waals surface area contributed by atoms with E-state index in [0.29, 0.717) is 28.4 Å². The van der Waals surface area contributed by atoms with E-state index in [9.17, 15) is 14.0 Å². The van der Waals surface area contributed by atoms with E-state index in [1.165, 1.54) is 16.6 Å². The van der Waals surface area contributed by atoms with Crippen molar-refractivity contribution in [3.05, 3.63) is 70.5 Å². The molecule has 0 radical (unpaired) electrons. The molecule has 30 heavy (non-hydrogen) atoms. The number of rotatable bonds is 4. The molecule has 0 fully saturated rings. The molecule has 5 rings (SSSR count). The largest absolute Gasteiger partial charge is 0.454 e. The number of benzene rings is 2. The van der Waals surface area contributed by atoms with E-state index < -0.39 is 5.56 Å². The number of carbonyl (C=O) groups excluding carboxylic acids is 1. The van der Waals surface area contributed by atoms with Crippen LogP contribution in [0.25, 0.3) is 16.8 Å². The Balaban J connectivity index is 1.42. The van der Waals surface area contributed by atoms with Crippen molar-refractivity contribution in [1.29, 1.82) is 0 Å². The first-order valence-corrected chi connectivity index (χ1v) is 8.99. The van der Waals surface area contributed by atoms with Gasteiger partial charge < -0.3 is 14.8 Å². The number of ether oxygens (including phenoxy) is 2. The van der Waals surface area contributed by atoms with Crippen LogP contribution < -0.4 is 20.3 Å². The molecule has 0 atom stereocenters. The van der Waals surface area contributed by atoms with Crippen molar-refractivity contribution in [3.63, 3.8) is 0 Å². The predicted molar refractivity (Wildman–Crippen MR) is 104 cm³/mol. The molecule has 3 heterocycles. The van der Waals surface area contributed by atoms with E-state index in [2.05, 4.69) is 20.6 Å². The lowest BCUT2D eigenvalue weighted by Crippen LogP contribution is -2.22. The molecule has 2 aromatic carbocycles. The first kappa shape index (κ1) is 17.9. The van der Waals surface area contributed by atoms with Gasteiger partial charge in [-0.25, -0.2) is 14.0 Å². The summed E-state index contributed by atoms with van der Waals surface area (Å²) in [6.07, 6.45) is -0.133. The fourth-order valence-electron chi connectivity index (χ4n) is 3.16. The van der Waals surface area contributed by atoms with Crippen LogP contribution in [0.4, 0.5) is 10.1 Å². The molecule has 0 saturated carbocycles. The highest BCUT2D eigenvalue weighted by molar-refractivity contribution is 5.92. The van der Waals surface area contributed by atoms with Gasteiger partial charge in [-0.1, -0.05) is 0 Å². The van der Waals surface area contributed by atoms with Gasteiger partial charge in [0.2, 0.25) is 12.7 Å². The molecule has 9 nitrogen and oxygen atoms in total. The van der Waals surface area contributed by atoms with Crippen LogP contribution in [-0.2, 0) is 11.2 Å². The lowest BCUT2D eigenvalue weighted by atomic mass is 10.1. The van der Waals surface area contributed by atoms with Gasteiger partial charge in [0.15, 0.2) is 17.3 Å². The minimum atomic E-state index is -0.448. The Morgan fingerprint density at radius 3 is 2.77 bits per heavy atom. The Hall–Kier alpha value is -4.21. The maximum atomic E-state index is 13.2. The number of aromatic amines is 1. The van der Waals surface area contributed by atoms with Gasteiger partial charge in [0, 0.05) is 17.3 Å². The van der Waals surface area contributed by atoms with Gasteiger partial charge >= 0.3 is 0 Å². The highest BCUT2D eigenvalue weighted by Crippen LogP contribution is 2.34. The molecule has 10 heteroatoms. The topological polar surface area (TPSA) is 111 Å². The SMILES string of the molecule is O=C(Cc1n[nH]c(=O)c2cc(-c3ccc(F)cc3)nn12)Nc1ccc2c(c1)OCO2. The van der Waals surface area contributed by atoms with Gasteiger partial charge in [0.25, 0.3) is 5.56 Å². The summed E-state index contributed by atoms with van der Waals surface area (Å²) in [5.74, 6) is 0.683. The van der Waals surface area contributed by atoms with Crippen LogP contribution in [-0.4, -0.2) is 32.5 Å². The molecule has 0 unspecified atom stereocenters. The minimum Gasteiger partial charge on any atom is -0.454 e. The monoisotopic (exact) mass is 407 g/mol. The van der Waals surface area contributed by atoms with Crippen LogP contribution in [0.2, 0.25) is 0 Å². The fraction of sp³-hybridized carbons (Fsp3) is 0.100. The van der Waals surface area contributed by atoms with Gasteiger partial charge in [0.05, 0.1) is 12.1 Å². The molecule has 150 valence electrons. The number of hydrogen-bond acceptors (Lipinski definition) is 6. The quantitative estimate of drug-likeness (QED) is 0.536. The van der Waals surface area contributed by atoms with Gasteiger partial charge in [0.1, 0.15) is 11.3 Å². The second-order valence-electron chi connectivity index (χ2n) is 6.60. The number of H-pyrrole nitrogens is 1. The zero-order valence-corrected chi connectivity index (χ0v) is 15.4. The van der Waals surface area contributed by atoms with E-state index in [-0.39, 0.29) is 36.3 Å². The summed E-state index contributed by atoms with van der Waals surface area (Å²) in [5.41, 5.74) is 1.42. The molecule has 2 aromatic heterocycles. The highest BCUT2D eigenvalue weighted by atomic mass is 19.1. The summed E-state index contributed by atoms with van der Waals surface area (Å²) in [5, 5.41) is 13.5. The zero-order valence-electron chi connectivity index (χ0n) is 15.4. The molecule has 0 saturated heterocycles. The van der Waals surface area contributed by atoms with Crippen molar-refractivity contribution < 1.29 is 18.7 Å². The molecule has 4 aromatic rings. The summed E-state index contributed by atoms with van der Waals surface area (Å²) in [6.45, 7) is 0.141. The van der Waals surface area contributed by atoms with Crippen LogP contribution in [0.15, 0.2) is 53.3 Å². The average molecular weight is 407 g/mol. The van der Waals surface area contributed by atoms with Crippen molar-refractivity contribution >= 4 is 17.1 Å². The lowest BCUT2D eigenvalue weighted by Gasteiger charge is -2.06. The maximum Gasteiger partial charge on any atom is 0.290 e. The van der Waals surface area contributed by atoms with Crippen LogP contribution in [0.1, 0.15) is 5.82 Å². The first-order chi connectivity index (χ1) is 14.6. The van der Waals surface area contributed by atoms with E-state index in [1.807, 2.05) is 0 Å². The predicted octanol–water partition coefficient (Wildman–Crippen LogP) is 2.13. The molecule has 1 aliphatic rings. The summed E-state index contributed by atoms with van der Waals surface area (Å²) in [7, 11) is 0. The van der Waals surface area contributed by atoms with Crippen molar-refractivity contribution in [2.24, 2.45) is 0 Å². The number of hydrogen-bond donors (Lipinski definition) is 2. The number of amides is 1. The summed E-state index contributed by atoms with van der Waals surface area (Å²) in [6, 6.07) is 12.4. The number of fused-ring (bicyclic) bond motifs is 2. The van der Waals surface area contributed by atoms with E-state index in [1.54, 1.807) is 36.4 Å². The second-order valence-corrected chi connectivity index (χ2v) is 6.60. The summed E-state index contributed by atoms with van der Waals surface area (Å²) in [4.78, 5) is 24.7. The molecule has 2 N–H and O–H groups in total. The van der Waals surface area contributed by atoms with Crippen LogP contribution >= 0.6 is 0 Å².